The predicted octanol–water partition coefficient (Wildman–Crippen LogP) is 4.22. The van der Waals surface area contributed by atoms with Gasteiger partial charge in [-0.15, -0.1) is 0 Å². The Labute approximate surface area is 165 Å². The van der Waals surface area contributed by atoms with Gasteiger partial charge in [0.15, 0.2) is 17.7 Å². The number of nitrogens with zero attached hydrogens (tertiary/aromatic N) is 2. The zero-order valence-electron chi connectivity index (χ0n) is 16.4. The lowest BCUT2D eigenvalue weighted by Crippen LogP contribution is -2.62. The van der Waals surface area contributed by atoms with Crippen molar-refractivity contribution in [2.75, 3.05) is 11.9 Å². The van der Waals surface area contributed by atoms with Gasteiger partial charge in [-0.1, -0.05) is 60.1 Å². The van der Waals surface area contributed by atoms with E-state index in [2.05, 4.69) is 97.3 Å². The summed E-state index contributed by atoms with van der Waals surface area (Å²) in [5.41, 5.74) is 7.12. The molecule has 0 radical (unpaired) electrons. The Kier molecular flexibility index (Phi) is 3.87. The number of hydrogen-bond acceptors (Lipinski definition) is 2. The van der Waals surface area contributed by atoms with Crippen LogP contribution in [-0.4, -0.2) is 13.9 Å². The number of para-hydroxylation sites is 1. The highest BCUT2D eigenvalue weighted by Crippen LogP contribution is 2.37. The Hall–Kier alpha value is -3.27. The first-order valence-corrected chi connectivity index (χ1v) is 9.61. The third kappa shape index (κ3) is 2.56. The van der Waals surface area contributed by atoms with E-state index in [0.29, 0.717) is 0 Å². The Morgan fingerprint density at radius 1 is 0.929 bits per heavy atom. The van der Waals surface area contributed by atoms with Gasteiger partial charge < -0.3 is 9.23 Å². The van der Waals surface area contributed by atoms with Gasteiger partial charge in [-0.2, -0.15) is 0 Å². The first-order valence-electron chi connectivity index (χ1n) is 9.61. The molecule has 4 aromatic rings. The van der Waals surface area contributed by atoms with Crippen molar-refractivity contribution in [3.63, 3.8) is 0 Å². The summed E-state index contributed by atoms with van der Waals surface area (Å²) in [4.78, 5) is 2.26. The topological polar surface area (TPSA) is 20.3 Å². The van der Waals surface area contributed by atoms with Gasteiger partial charge in [0.25, 0.3) is 0 Å². The highest BCUT2D eigenvalue weighted by atomic mass is 16.4. The summed E-state index contributed by atoms with van der Waals surface area (Å²) in [6.07, 6.45) is 4.42. The average Bonchev–Trinajstić information content (AvgIpc) is 3.09. The normalized spacial score (nSPS) is 13.6. The fourth-order valence-electron chi connectivity index (χ4n) is 4.28. The molecule has 0 atom stereocenters. The average molecular weight is 365 g/mol. The van der Waals surface area contributed by atoms with Crippen molar-refractivity contribution in [1.29, 1.82) is 0 Å². The molecular weight excluding hydrogens is 343 g/mol. The number of hydrogen-bond donors (Lipinski definition) is 0. The summed E-state index contributed by atoms with van der Waals surface area (Å²) in [6, 6.07) is 23.3. The van der Waals surface area contributed by atoms with Crippen LogP contribution in [0.3, 0.4) is 0 Å². The number of pyridine rings is 1. The molecule has 5 rings (SSSR count). The van der Waals surface area contributed by atoms with E-state index < -0.39 is 0 Å². The summed E-state index contributed by atoms with van der Waals surface area (Å²) in [5, 5.41) is 1.17. The first kappa shape index (κ1) is 16.9. The number of aromatic nitrogens is 1. The summed E-state index contributed by atoms with van der Waals surface area (Å²) >= 11 is 0. The number of aryl methyl sites for hydroxylation is 1. The quantitative estimate of drug-likeness (QED) is 0.392. The molecule has 0 bridgehead atoms. The van der Waals surface area contributed by atoms with Gasteiger partial charge in [-0.25, -0.2) is 4.57 Å². The van der Waals surface area contributed by atoms with E-state index in [1.54, 1.807) is 0 Å². The van der Waals surface area contributed by atoms with Crippen molar-refractivity contribution in [3.05, 3.63) is 84.0 Å². The van der Waals surface area contributed by atoms with E-state index in [0.717, 1.165) is 11.5 Å². The molecule has 2 aromatic carbocycles. The van der Waals surface area contributed by atoms with Crippen molar-refractivity contribution >= 4 is 35.4 Å². The van der Waals surface area contributed by atoms with Crippen LogP contribution in [0.4, 0.5) is 5.88 Å². The summed E-state index contributed by atoms with van der Waals surface area (Å²) < 4.78 is 8.44. The van der Waals surface area contributed by atoms with Crippen LogP contribution in [0, 0.1) is 0 Å². The molecule has 136 valence electrons. The van der Waals surface area contributed by atoms with Crippen LogP contribution in [0.5, 0.6) is 0 Å². The molecule has 3 nitrogen and oxygen atoms in total. The van der Waals surface area contributed by atoms with Gasteiger partial charge in [-0.3, -0.25) is 0 Å². The molecule has 1 aliphatic heterocycles. The molecule has 0 spiro atoms. The van der Waals surface area contributed by atoms with Crippen molar-refractivity contribution < 1.29 is 8.98 Å². The molecule has 0 amide bonds. The Morgan fingerprint density at radius 2 is 1.68 bits per heavy atom. The highest BCUT2D eigenvalue weighted by molar-refractivity contribution is 6.82. The molecule has 0 aliphatic carbocycles. The molecule has 2 aromatic heterocycles. The minimum Gasteiger partial charge on any atom is -0.441 e. The monoisotopic (exact) mass is 365 g/mol. The molecule has 3 heterocycles. The maximum absolute atomic E-state index is 6.23. The predicted molar refractivity (Wildman–Crippen MR) is 117 cm³/mol. The van der Waals surface area contributed by atoms with E-state index >= 15 is 0 Å². The third-order valence-corrected chi connectivity index (χ3v) is 5.70. The Morgan fingerprint density at radius 3 is 2.50 bits per heavy atom. The minimum absolute atomic E-state index is 0.127. The second kappa shape index (κ2) is 6.41. The Bertz CT molecular complexity index is 1210. The molecule has 0 saturated heterocycles. The standard InChI is InChI=1S/C24H22BN2O/c1-17-15-21-20-11-7-8-12-22(20)28-24(21)27(3)25(17)23-16-19(13-14-26(23)2)18-9-5-4-6-10-18/h4-16H,1-3H3/q+1. The van der Waals surface area contributed by atoms with E-state index in [-0.39, 0.29) is 6.85 Å². The minimum atomic E-state index is 0.127. The number of allylic oxidation sites excluding steroid dienone is 1. The summed E-state index contributed by atoms with van der Waals surface area (Å²) in [6.45, 7) is 2.34. The molecule has 0 saturated carbocycles. The fourth-order valence-corrected chi connectivity index (χ4v) is 4.28. The number of fused-ring (bicyclic) bond motifs is 3. The lowest BCUT2D eigenvalue weighted by molar-refractivity contribution is -0.654. The lowest BCUT2D eigenvalue weighted by Gasteiger charge is -2.28. The van der Waals surface area contributed by atoms with Crippen LogP contribution >= 0.6 is 0 Å². The SMILES string of the molecule is CC1=Cc2c(oc3ccccc23)N(C)B1c1cc(-c2ccccc2)cc[n+]1C. The fraction of sp³-hybridized carbons (Fsp3) is 0.125. The van der Waals surface area contributed by atoms with Gasteiger partial charge in [0.05, 0.1) is 0 Å². The zero-order chi connectivity index (χ0) is 19.3. The number of furan rings is 1. The highest BCUT2D eigenvalue weighted by Gasteiger charge is 2.39. The maximum Gasteiger partial charge on any atom is 0.401 e. The molecule has 1 aliphatic rings. The number of anilines is 1. The van der Waals surface area contributed by atoms with Crippen molar-refractivity contribution in [3.8, 4) is 11.1 Å². The first-order chi connectivity index (χ1) is 13.6. The maximum atomic E-state index is 6.23. The molecule has 4 heteroatoms. The van der Waals surface area contributed by atoms with Crippen molar-refractivity contribution in [1.82, 2.24) is 0 Å². The largest absolute Gasteiger partial charge is 0.441 e. The third-order valence-electron chi connectivity index (χ3n) is 5.70. The lowest BCUT2D eigenvalue weighted by atomic mass is 9.49. The van der Waals surface area contributed by atoms with Crippen LogP contribution in [0.1, 0.15) is 12.5 Å². The van der Waals surface area contributed by atoms with E-state index in [1.807, 2.05) is 12.1 Å². The van der Waals surface area contributed by atoms with Crippen LogP contribution in [0.25, 0.3) is 28.2 Å². The molecule has 28 heavy (non-hydrogen) atoms. The van der Waals surface area contributed by atoms with Gasteiger partial charge in [0, 0.05) is 23.1 Å². The zero-order valence-corrected chi connectivity index (χ0v) is 16.4. The van der Waals surface area contributed by atoms with E-state index in [1.165, 1.54) is 33.1 Å². The van der Waals surface area contributed by atoms with Crippen molar-refractivity contribution in [2.45, 2.75) is 6.92 Å². The molecule has 0 fully saturated rings. The second-order valence-corrected chi connectivity index (χ2v) is 7.54. The van der Waals surface area contributed by atoms with Crippen LogP contribution in [0.15, 0.2) is 82.8 Å². The molecular formula is C24H22BN2O+. The van der Waals surface area contributed by atoms with Gasteiger partial charge in [0.1, 0.15) is 12.6 Å². The van der Waals surface area contributed by atoms with E-state index in [9.17, 15) is 0 Å². The van der Waals surface area contributed by atoms with Crippen molar-refractivity contribution in [2.24, 2.45) is 7.05 Å². The van der Waals surface area contributed by atoms with Gasteiger partial charge in [-0.05, 0) is 31.2 Å². The molecule has 0 unspecified atom stereocenters. The smallest absolute Gasteiger partial charge is 0.401 e. The summed E-state index contributed by atoms with van der Waals surface area (Å²) in [5.74, 6) is 0.932. The summed E-state index contributed by atoms with van der Waals surface area (Å²) in [7, 11) is 4.23. The van der Waals surface area contributed by atoms with Gasteiger partial charge >= 0.3 is 6.85 Å². The van der Waals surface area contributed by atoms with E-state index in [4.69, 9.17) is 4.42 Å². The Balaban J connectivity index is 1.65. The number of benzene rings is 2. The van der Waals surface area contributed by atoms with Crippen LogP contribution in [-0.2, 0) is 7.05 Å². The van der Waals surface area contributed by atoms with Gasteiger partial charge in [0.2, 0.25) is 0 Å². The van der Waals surface area contributed by atoms with Crippen LogP contribution in [0.2, 0.25) is 0 Å². The second-order valence-electron chi connectivity index (χ2n) is 7.54. The molecule has 0 N–H and O–H groups in total. The number of rotatable bonds is 2. The van der Waals surface area contributed by atoms with Crippen LogP contribution < -0.4 is 15.0 Å².